The molecular weight excluding hydrogens is 383 g/mol. The number of ether oxygens (including phenoxy) is 1. The Kier molecular flexibility index (Phi) is 6.43. The summed E-state index contributed by atoms with van der Waals surface area (Å²) < 4.78 is 6.42. The van der Waals surface area contributed by atoms with E-state index in [9.17, 15) is 4.79 Å². The molecule has 0 unspecified atom stereocenters. The Morgan fingerprint density at radius 2 is 1.78 bits per heavy atom. The highest BCUT2D eigenvalue weighted by atomic mass is 35.5. The number of halogens is 2. The molecule has 2 aromatic rings. The van der Waals surface area contributed by atoms with Crippen LogP contribution in [-0.4, -0.2) is 43.7 Å². The fraction of sp³-hybridized carbons (Fsp3) is 0.381. The van der Waals surface area contributed by atoms with Gasteiger partial charge in [-0.15, -0.1) is 0 Å². The van der Waals surface area contributed by atoms with Crippen molar-refractivity contribution in [2.24, 2.45) is 0 Å². The quantitative estimate of drug-likeness (QED) is 0.707. The summed E-state index contributed by atoms with van der Waals surface area (Å²) in [5.41, 5.74) is 2.34. The number of anilines is 1. The van der Waals surface area contributed by atoms with Gasteiger partial charge in [0.1, 0.15) is 6.54 Å². The number of amides is 1. The molecule has 2 aromatic carbocycles. The highest BCUT2D eigenvalue weighted by Crippen LogP contribution is 2.24. The first-order valence-electron chi connectivity index (χ1n) is 9.11. The van der Waals surface area contributed by atoms with Crippen LogP contribution in [-0.2, 0) is 11.3 Å². The van der Waals surface area contributed by atoms with Crippen LogP contribution in [0.25, 0.3) is 0 Å². The van der Waals surface area contributed by atoms with Crippen LogP contribution in [0.15, 0.2) is 42.5 Å². The van der Waals surface area contributed by atoms with E-state index in [-0.39, 0.29) is 5.91 Å². The fourth-order valence-corrected chi connectivity index (χ4v) is 3.92. The van der Waals surface area contributed by atoms with E-state index in [0.717, 1.165) is 42.8 Å². The monoisotopic (exact) mass is 407 g/mol. The molecule has 1 aliphatic rings. The van der Waals surface area contributed by atoms with Crippen molar-refractivity contribution in [1.82, 2.24) is 0 Å². The molecule has 0 aromatic heterocycles. The lowest BCUT2D eigenvalue weighted by molar-refractivity contribution is -0.929. The Morgan fingerprint density at radius 3 is 2.44 bits per heavy atom. The SMILES string of the molecule is C[N+](C)(Cc1ccc(NC(=O)c2cc(Cl)ccc2Cl)cc1)C1CCOCC1. The number of hydrogen-bond donors (Lipinski definition) is 1. The van der Waals surface area contributed by atoms with Crippen LogP contribution < -0.4 is 5.32 Å². The zero-order valence-corrected chi connectivity index (χ0v) is 17.2. The molecule has 27 heavy (non-hydrogen) atoms. The molecule has 1 fully saturated rings. The van der Waals surface area contributed by atoms with Crippen molar-refractivity contribution in [2.75, 3.05) is 32.6 Å². The van der Waals surface area contributed by atoms with Gasteiger partial charge in [0.05, 0.1) is 43.9 Å². The third kappa shape index (κ3) is 5.23. The normalized spacial score (nSPS) is 15.6. The van der Waals surface area contributed by atoms with Gasteiger partial charge in [0.2, 0.25) is 0 Å². The molecule has 0 spiro atoms. The molecule has 0 bridgehead atoms. The maximum atomic E-state index is 12.4. The molecule has 0 atom stereocenters. The molecule has 4 nitrogen and oxygen atoms in total. The highest BCUT2D eigenvalue weighted by Gasteiger charge is 2.30. The maximum absolute atomic E-state index is 12.4. The smallest absolute Gasteiger partial charge is 0.257 e. The summed E-state index contributed by atoms with van der Waals surface area (Å²) in [5.74, 6) is -0.270. The van der Waals surface area contributed by atoms with Crippen LogP contribution >= 0.6 is 23.2 Å². The van der Waals surface area contributed by atoms with E-state index < -0.39 is 0 Å². The second-order valence-electron chi connectivity index (χ2n) is 7.56. The maximum Gasteiger partial charge on any atom is 0.257 e. The van der Waals surface area contributed by atoms with Gasteiger partial charge < -0.3 is 14.5 Å². The average Bonchev–Trinajstić information content (AvgIpc) is 2.66. The molecule has 6 heteroatoms. The number of nitrogens with zero attached hydrogens (tertiary/aromatic N) is 1. The zero-order valence-electron chi connectivity index (χ0n) is 15.7. The molecule has 0 saturated carbocycles. The standard InChI is InChI=1S/C21H24Cl2N2O2/c1-25(2,18-9-11-27-12-10-18)14-15-3-6-17(7-4-15)24-21(26)19-13-16(22)5-8-20(19)23/h3-8,13,18H,9-12,14H2,1-2H3/p+1. The van der Waals surface area contributed by atoms with E-state index >= 15 is 0 Å². The first-order valence-corrected chi connectivity index (χ1v) is 9.86. The topological polar surface area (TPSA) is 38.3 Å². The van der Waals surface area contributed by atoms with Gasteiger partial charge in [-0.2, -0.15) is 0 Å². The Hall–Kier alpha value is -1.59. The Bertz CT molecular complexity index is 800. The Balaban J connectivity index is 1.64. The van der Waals surface area contributed by atoms with Crippen molar-refractivity contribution in [3.63, 3.8) is 0 Å². The molecule has 1 amide bonds. The van der Waals surface area contributed by atoms with Gasteiger partial charge in [0.25, 0.3) is 5.91 Å². The van der Waals surface area contributed by atoms with Crippen LogP contribution in [0.5, 0.6) is 0 Å². The van der Waals surface area contributed by atoms with Crippen LogP contribution in [0.1, 0.15) is 28.8 Å². The van der Waals surface area contributed by atoms with Gasteiger partial charge in [-0.05, 0) is 30.3 Å². The summed E-state index contributed by atoms with van der Waals surface area (Å²) in [6.45, 7) is 2.64. The van der Waals surface area contributed by atoms with Crippen LogP contribution in [0, 0.1) is 0 Å². The minimum Gasteiger partial charge on any atom is -0.381 e. The summed E-state index contributed by atoms with van der Waals surface area (Å²) in [7, 11) is 4.54. The summed E-state index contributed by atoms with van der Waals surface area (Å²) in [6, 6.07) is 13.4. The van der Waals surface area contributed by atoms with Crippen LogP contribution in [0.2, 0.25) is 10.0 Å². The molecule has 3 rings (SSSR count). The van der Waals surface area contributed by atoms with Gasteiger partial charge in [0.15, 0.2) is 0 Å². The number of hydrogen-bond acceptors (Lipinski definition) is 2. The van der Waals surface area contributed by atoms with E-state index in [1.807, 2.05) is 12.1 Å². The number of nitrogens with one attached hydrogen (secondary N) is 1. The fourth-order valence-electron chi connectivity index (χ4n) is 3.55. The summed E-state index contributed by atoms with van der Waals surface area (Å²) in [4.78, 5) is 12.4. The molecule has 0 aliphatic carbocycles. The van der Waals surface area contributed by atoms with Gasteiger partial charge in [-0.25, -0.2) is 0 Å². The lowest BCUT2D eigenvalue weighted by Gasteiger charge is -2.40. The van der Waals surface area contributed by atoms with E-state index in [1.54, 1.807) is 18.2 Å². The van der Waals surface area contributed by atoms with Gasteiger partial charge in [0, 0.05) is 29.1 Å². The lowest BCUT2D eigenvalue weighted by atomic mass is 10.0. The lowest BCUT2D eigenvalue weighted by Crippen LogP contribution is -2.50. The minimum absolute atomic E-state index is 0.270. The summed E-state index contributed by atoms with van der Waals surface area (Å²) in [5, 5.41) is 3.73. The number of carbonyl (C=O) groups is 1. The van der Waals surface area contributed by atoms with E-state index in [1.165, 1.54) is 5.56 Å². The first kappa shape index (κ1) is 20.2. The Labute approximate surface area is 170 Å². The molecule has 144 valence electrons. The molecule has 1 saturated heterocycles. The highest BCUT2D eigenvalue weighted by molar-refractivity contribution is 6.36. The molecule has 1 aliphatic heterocycles. The Morgan fingerprint density at radius 1 is 1.11 bits per heavy atom. The van der Waals surface area contributed by atoms with Crippen molar-refractivity contribution in [3.05, 3.63) is 63.6 Å². The molecule has 1 heterocycles. The van der Waals surface area contributed by atoms with Crippen LogP contribution in [0.4, 0.5) is 5.69 Å². The predicted octanol–water partition coefficient (Wildman–Crippen LogP) is 5.00. The molecule has 1 N–H and O–H groups in total. The molecular formula is C21H25Cl2N2O2+. The third-order valence-corrected chi connectivity index (χ3v) is 5.72. The molecule has 0 radical (unpaired) electrons. The van der Waals surface area contributed by atoms with E-state index in [4.69, 9.17) is 27.9 Å². The van der Waals surface area contributed by atoms with Crippen molar-refractivity contribution in [3.8, 4) is 0 Å². The average molecular weight is 408 g/mol. The number of rotatable bonds is 5. The number of quaternary nitrogens is 1. The first-order chi connectivity index (χ1) is 12.8. The second-order valence-corrected chi connectivity index (χ2v) is 8.40. The predicted molar refractivity (Wildman–Crippen MR) is 111 cm³/mol. The summed E-state index contributed by atoms with van der Waals surface area (Å²) >= 11 is 12.1. The van der Waals surface area contributed by atoms with Gasteiger partial charge >= 0.3 is 0 Å². The minimum atomic E-state index is -0.270. The van der Waals surface area contributed by atoms with Crippen molar-refractivity contribution in [2.45, 2.75) is 25.4 Å². The zero-order chi connectivity index (χ0) is 19.4. The third-order valence-electron chi connectivity index (χ3n) is 5.15. The van der Waals surface area contributed by atoms with Crippen LogP contribution in [0.3, 0.4) is 0 Å². The van der Waals surface area contributed by atoms with Crippen molar-refractivity contribution < 1.29 is 14.0 Å². The van der Waals surface area contributed by atoms with E-state index in [0.29, 0.717) is 21.7 Å². The number of carbonyl (C=O) groups excluding carboxylic acids is 1. The second kappa shape index (κ2) is 8.61. The number of benzene rings is 2. The van der Waals surface area contributed by atoms with Gasteiger partial charge in [-0.3, -0.25) is 4.79 Å². The van der Waals surface area contributed by atoms with Gasteiger partial charge in [-0.1, -0.05) is 35.3 Å². The largest absolute Gasteiger partial charge is 0.381 e. The summed E-state index contributed by atoms with van der Waals surface area (Å²) in [6.07, 6.45) is 2.20. The van der Waals surface area contributed by atoms with Crippen molar-refractivity contribution in [1.29, 1.82) is 0 Å². The van der Waals surface area contributed by atoms with Crippen molar-refractivity contribution >= 4 is 34.8 Å². The van der Waals surface area contributed by atoms with E-state index in [2.05, 4.69) is 31.5 Å².